The van der Waals surface area contributed by atoms with E-state index in [-0.39, 0.29) is 12.8 Å². The van der Waals surface area contributed by atoms with Crippen LogP contribution in [0.3, 0.4) is 0 Å². The maximum absolute atomic E-state index is 12.8. The second kappa shape index (κ2) is 10.3. The van der Waals surface area contributed by atoms with Crippen LogP contribution >= 0.6 is 0 Å². The molecule has 6 nitrogen and oxygen atoms in total. The van der Waals surface area contributed by atoms with Crippen molar-refractivity contribution in [2.75, 3.05) is 0 Å². The fourth-order valence-electron chi connectivity index (χ4n) is 4.89. The zero-order valence-electron chi connectivity index (χ0n) is 19.5. The molecule has 6 heteroatoms. The van der Waals surface area contributed by atoms with E-state index in [9.17, 15) is 20.0 Å². The van der Waals surface area contributed by atoms with Crippen molar-refractivity contribution in [1.82, 2.24) is 10.1 Å². The number of carbonyl (C=O) groups is 2. The zero-order valence-corrected chi connectivity index (χ0v) is 19.5. The number of hydroxylamine groups is 4. The smallest absolute Gasteiger partial charge is 0.250 e. The van der Waals surface area contributed by atoms with Gasteiger partial charge in [0.2, 0.25) is 0 Å². The van der Waals surface area contributed by atoms with Gasteiger partial charge >= 0.3 is 0 Å². The number of carbonyl (C=O) groups excluding carboxylic acids is 2. The molecule has 1 saturated carbocycles. The number of nitrogens with zero attached hydrogens (tertiary/aromatic N) is 2. The fraction of sp³-hybridized carbons (Fsp3) is 0.462. The first kappa shape index (κ1) is 24.0. The molecule has 0 heterocycles. The minimum atomic E-state index is -0.629. The lowest BCUT2D eigenvalue weighted by Crippen LogP contribution is -2.55. The summed E-state index contributed by atoms with van der Waals surface area (Å²) in [5, 5.41) is 23.0. The van der Waals surface area contributed by atoms with E-state index >= 15 is 0 Å². The van der Waals surface area contributed by atoms with Gasteiger partial charge in [-0.25, -0.2) is 10.1 Å². The van der Waals surface area contributed by atoms with Crippen molar-refractivity contribution in [3.05, 3.63) is 69.8 Å². The highest BCUT2D eigenvalue weighted by Gasteiger charge is 2.37. The van der Waals surface area contributed by atoms with Gasteiger partial charge in [0.05, 0.1) is 24.9 Å². The van der Waals surface area contributed by atoms with E-state index < -0.39 is 23.9 Å². The Labute approximate surface area is 190 Å². The van der Waals surface area contributed by atoms with E-state index in [1.807, 2.05) is 64.1 Å². The lowest BCUT2D eigenvalue weighted by atomic mass is 9.89. The van der Waals surface area contributed by atoms with Crippen molar-refractivity contribution in [2.24, 2.45) is 0 Å². The van der Waals surface area contributed by atoms with Gasteiger partial charge in [0.25, 0.3) is 11.8 Å². The lowest BCUT2D eigenvalue weighted by Gasteiger charge is -2.39. The van der Waals surface area contributed by atoms with Gasteiger partial charge in [0.1, 0.15) is 0 Å². The maximum Gasteiger partial charge on any atom is 0.250 e. The Kier molecular flexibility index (Phi) is 7.69. The van der Waals surface area contributed by atoms with Crippen LogP contribution in [0.15, 0.2) is 36.4 Å². The van der Waals surface area contributed by atoms with Gasteiger partial charge in [-0.05, 0) is 51.7 Å². The minimum Gasteiger partial charge on any atom is -0.286 e. The molecule has 2 N–H and O–H groups in total. The molecule has 2 aromatic carbocycles. The third-order valence-corrected chi connectivity index (χ3v) is 6.11. The monoisotopic (exact) mass is 438 g/mol. The van der Waals surface area contributed by atoms with Gasteiger partial charge in [-0.1, -0.05) is 71.5 Å². The summed E-state index contributed by atoms with van der Waals surface area (Å²) in [6, 6.07) is 10.5. The molecule has 0 radical (unpaired) electrons. The number of hydrogen-bond acceptors (Lipinski definition) is 4. The third kappa shape index (κ3) is 5.96. The largest absolute Gasteiger partial charge is 0.286 e. The number of rotatable bonds is 6. The van der Waals surface area contributed by atoms with Gasteiger partial charge in [0.15, 0.2) is 0 Å². The van der Waals surface area contributed by atoms with E-state index in [2.05, 4.69) is 0 Å². The molecule has 172 valence electrons. The van der Waals surface area contributed by atoms with E-state index in [1.54, 1.807) is 0 Å². The average molecular weight is 439 g/mol. The Morgan fingerprint density at radius 2 is 1.00 bits per heavy atom. The molecule has 0 aromatic heterocycles. The first-order chi connectivity index (χ1) is 15.1. The van der Waals surface area contributed by atoms with Gasteiger partial charge in [0, 0.05) is 0 Å². The van der Waals surface area contributed by atoms with Crippen LogP contribution in [-0.4, -0.2) is 44.4 Å². The number of hydrogen-bond donors (Lipinski definition) is 2. The topological polar surface area (TPSA) is 81.1 Å². The highest BCUT2D eigenvalue weighted by atomic mass is 16.5. The summed E-state index contributed by atoms with van der Waals surface area (Å²) in [5.74, 6) is -0.857. The molecule has 1 aliphatic carbocycles. The molecule has 0 spiro atoms. The van der Waals surface area contributed by atoms with Crippen LogP contribution in [0.5, 0.6) is 0 Å². The van der Waals surface area contributed by atoms with Crippen molar-refractivity contribution < 1.29 is 20.0 Å². The van der Waals surface area contributed by atoms with Crippen LogP contribution in [0, 0.1) is 27.7 Å². The predicted molar refractivity (Wildman–Crippen MR) is 123 cm³/mol. The molecule has 0 bridgehead atoms. The summed E-state index contributed by atoms with van der Waals surface area (Å²) in [6.07, 6.45) is 2.87. The molecular weight excluding hydrogens is 404 g/mol. The second-order valence-electron chi connectivity index (χ2n) is 9.24. The Balaban J connectivity index is 1.70. The second-order valence-corrected chi connectivity index (χ2v) is 9.24. The zero-order chi connectivity index (χ0) is 23.4. The number of benzene rings is 2. The summed E-state index contributed by atoms with van der Waals surface area (Å²) < 4.78 is 0. The molecule has 0 aliphatic heterocycles. The maximum atomic E-state index is 12.8. The lowest BCUT2D eigenvalue weighted by molar-refractivity contribution is -0.212. The highest BCUT2D eigenvalue weighted by Crippen LogP contribution is 2.27. The van der Waals surface area contributed by atoms with Crippen molar-refractivity contribution >= 4 is 11.8 Å². The average Bonchev–Trinajstić information content (AvgIpc) is 2.71. The van der Waals surface area contributed by atoms with Crippen molar-refractivity contribution in [2.45, 2.75) is 78.3 Å². The Bertz CT molecular complexity index is 868. The van der Waals surface area contributed by atoms with Crippen LogP contribution in [0.1, 0.15) is 59.1 Å². The molecule has 2 amide bonds. The van der Waals surface area contributed by atoms with Crippen LogP contribution in [0.4, 0.5) is 0 Å². The van der Waals surface area contributed by atoms with Crippen LogP contribution in [0.25, 0.3) is 0 Å². The van der Waals surface area contributed by atoms with E-state index in [0.29, 0.717) is 12.8 Å². The van der Waals surface area contributed by atoms with Gasteiger partial charge in [-0.2, -0.15) is 0 Å². The predicted octanol–water partition coefficient (Wildman–Crippen LogP) is 4.45. The first-order valence-corrected chi connectivity index (χ1v) is 11.3. The summed E-state index contributed by atoms with van der Waals surface area (Å²) >= 11 is 0. The van der Waals surface area contributed by atoms with Crippen molar-refractivity contribution in [1.29, 1.82) is 0 Å². The summed E-state index contributed by atoms with van der Waals surface area (Å²) in [5.41, 5.74) is 5.92. The Morgan fingerprint density at radius 1 is 0.688 bits per heavy atom. The molecule has 3 rings (SSSR count). The fourth-order valence-corrected chi connectivity index (χ4v) is 4.89. The highest BCUT2D eigenvalue weighted by molar-refractivity contribution is 5.79. The van der Waals surface area contributed by atoms with Gasteiger partial charge in [-0.3, -0.25) is 20.0 Å². The SMILES string of the molecule is Cc1cc(C)cc(CC(=O)N(O)[C@@H]2CCCC[C@H]2N(O)C(=O)Cc2cc(C)cc(C)c2)c1. The van der Waals surface area contributed by atoms with Crippen LogP contribution in [-0.2, 0) is 22.4 Å². The number of aryl methyl sites for hydroxylation is 4. The number of amides is 2. The van der Waals surface area contributed by atoms with Crippen molar-refractivity contribution in [3.8, 4) is 0 Å². The molecule has 1 fully saturated rings. The van der Waals surface area contributed by atoms with Crippen molar-refractivity contribution in [3.63, 3.8) is 0 Å². The molecule has 0 unspecified atom stereocenters. The Hall–Kier alpha value is -2.70. The van der Waals surface area contributed by atoms with Crippen LogP contribution < -0.4 is 0 Å². The summed E-state index contributed by atoms with van der Waals surface area (Å²) in [6.45, 7) is 7.89. The summed E-state index contributed by atoms with van der Waals surface area (Å²) in [7, 11) is 0. The molecule has 32 heavy (non-hydrogen) atoms. The van der Waals surface area contributed by atoms with Gasteiger partial charge < -0.3 is 0 Å². The van der Waals surface area contributed by atoms with Gasteiger partial charge in [-0.15, -0.1) is 0 Å². The quantitative estimate of drug-likeness (QED) is 0.516. The molecule has 0 saturated heterocycles. The summed E-state index contributed by atoms with van der Waals surface area (Å²) in [4.78, 5) is 25.7. The standard InChI is InChI=1S/C26H34N2O4/c1-17-9-18(2)12-21(11-17)15-25(29)27(31)23-7-5-6-8-24(23)28(32)26(30)16-22-13-19(3)10-20(4)14-22/h9-14,23-24,31-32H,5-8,15-16H2,1-4H3/t23-,24-/m1/s1. The van der Waals surface area contributed by atoms with E-state index in [4.69, 9.17) is 0 Å². The van der Waals surface area contributed by atoms with E-state index in [1.165, 1.54) is 0 Å². The Morgan fingerprint density at radius 3 is 1.31 bits per heavy atom. The first-order valence-electron chi connectivity index (χ1n) is 11.3. The molecule has 2 aromatic rings. The minimum absolute atomic E-state index is 0.0736. The normalized spacial score (nSPS) is 18.3. The molecule has 2 atom stereocenters. The van der Waals surface area contributed by atoms with Crippen LogP contribution in [0.2, 0.25) is 0 Å². The molecular formula is C26H34N2O4. The van der Waals surface area contributed by atoms with E-state index in [0.717, 1.165) is 56.3 Å². The molecule has 1 aliphatic rings. The third-order valence-electron chi connectivity index (χ3n) is 6.11.